The summed E-state index contributed by atoms with van der Waals surface area (Å²) in [6.45, 7) is 7.20. The summed E-state index contributed by atoms with van der Waals surface area (Å²) in [5, 5.41) is 9.42. The molecule has 10 heteroatoms. The smallest absolute Gasteiger partial charge is 0.330 e. The number of aliphatic hydroxyl groups is 1. The minimum atomic E-state index is -0.780. The molecule has 28 heavy (non-hydrogen) atoms. The maximum Gasteiger partial charge on any atom is 0.330 e. The Morgan fingerprint density at radius 3 is 2.79 bits per heavy atom. The number of H-pyrrole nitrogens is 1. The summed E-state index contributed by atoms with van der Waals surface area (Å²) in [6.07, 6.45) is -0.677. The zero-order valence-corrected chi connectivity index (χ0v) is 17.8. The lowest BCUT2D eigenvalue weighted by Gasteiger charge is -2.15. The normalized spacial score (nSPS) is 21.8. The Labute approximate surface area is 170 Å². The van der Waals surface area contributed by atoms with Gasteiger partial charge in [-0.25, -0.2) is 4.79 Å². The Hall–Kier alpha value is -1.67. The molecule has 1 aliphatic heterocycles. The van der Waals surface area contributed by atoms with E-state index < -0.39 is 35.7 Å². The predicted molar refractivity (Wildman–Crippen MR) is 109 cm³/mol. The van der Waals surface area contributed by atoms with Crippen molar-refractivity contribution < 1.29 is 19.4 Å². The van der Waals surface area contributed by atoms with Crippen LogP contribution in [0.15, 0.2) is 15.8 Å². The number of hydrogen-bond donors (Lipinski definition) is 2. The van der Waals surface area contributed by atoms with Crippen molar-refractivity contribution in [3.63, 3.8) is 0 Å². The van der Waals surface area contributed by atoms with Gasteiger partial charge in [0.25, 0.3) is 5.56 Å². The molecular formula is C18H24N2O6S2. The van der Waals surface area contributed by atoms with Crippen LogP contribution < -0.4 is 11.2 Å². The molecule has 8 nitrogen and oxygen atoms in total. The molecule has 2 N–H and O–H groups in total. The first-order chi connectivity index (χ1) is 13.1. The van der Waals surface area contributed by atoms with Gasteiger partial charge in [-0.05, 0) is 0 Å². The fraction of sp³-hybridized carbons (Fsp3) is 0.611. The topological polar surface area (TPSA) is 111 Å². The third-order valence-electron chi connectivity index (χ3n) is 3.62. The van der Waals surface area contributed by atoms with Gasteiger partial charge in [-0.3, -0.25) is 19.1 Å². The number of aliphatic hydroxyl groups excluding tert-OH is 1. The van der Waals surface area contributed by atoms with Gasteiger partial charge in [-0.15, -0.1) is 0 Å². The number of esters is 1. The van der Waals surface area contributed by atoms with Gasteiger partial charge in [0.15, 0.2) is 0 Å². The lowest BCUT2D eigenvalue weighted by molar-refractivity contribution is -0.150. The van der Waals surface area contributed by atoms with Crippen LogP contribution in [0.25, 0.3) is 0 Å². The maximum atomic E-state index is 12.2. The number of rotatable bonds is 5. The zero-order valence-electron chi connectivity index (χ0n) is 16.2. The van der Waals surface area contributed by atoms with Crippen LogP contribution in [0, 0.1) is 11.8 Å². The van der Waals surface area contributed by atoms with Gasteiger partial charge in [-0.1, -0.05) is 54.2 Å². The fourth-order valence-electron chi connectivity index (χ4n) is 2.53. The quantitative estimate of drug-likeness (QED) is 0.312. The minimum Gasteiger partial charge on any atom is -0.460 e. The van der Waals surface area contributed by atoms with E-state index in [0.717, 1.165) is 0 Å². The minimum absolute atomic E-state index is 0.110. The number of carbonyl (C=O) groups excluding carboxylic acids is 1. The lowest BCUT2D eigenvalue weighted by Crippen LogP contribution is -2.33. The second-order valence-corrected chi connectivity index (χ2v) is 10.3. The molecule has 2 rings (SSSR count). The predicted octanol–water partition coefficient (Wildman–Crippen LogP) is 1.28. The second kappa shape index (κ2) is 9.69. The average molecular weight is 429 g/mol. The molecule has 0 spiro atoms. The number of hydrogen-bond acceptors (Lipinski definition) is 8. The molecule has 0 bridgehead atoms. The summed E-state index contributed by atoms with van der Waals surface area (Å²) in [4.78, 5) is 37.6. The van der Waals surface area contributed by atoms with Crippen LogP contribution in [0.2, 0.25) is 0 Å². The van der Waals surface area contributed by atoms with Crippen molar-refractivity contribution in [3.05, 3.63) is 32.6 Å². The molecule has 0 amide bonds. The molecule has 0 saturated carbocycles. The van der Waals surface area contributed by atoms with Crippen molar-refractivity contribution in [2.45, 2.75) is 57.3 Å². The molecule has 1 aromatic heterocycles. The van der Waals surface area contributed by atoms with Gasteiger partial charge in [0.05, 0.1) is 12.4 Å². The Morgan fingerprint density at radius 2 is 2.18 bits per heavy atom. The van der Waals surface area contributed by atoms with Gasteiger partial charge in [-0.2, -0.15) is 0 Å². The van der Waals surface area contributed by atoms with Crippen LogP contribution in [0.4, 0.5) is 0 Å². The van der Waals surface area contributed by atoms with Crippen molar-refractivity contribution in [1.29, 1.82) is 0 Å². The summed E-state index contributed by atoms with van der Waals surface area (Å²) in [7, 11) is 3.28. The van der Waals surface area contributed by atoms with Gasteiger partial charge in [0.1, 0.15) is 24.0 Å². The van der Waals surface area contributed by atoms with Crippen LogP contribution in [0.3, 0.4) is 0 Å². The highest BCUT2D eigenvalue weighted by atomic mass is 33.1. The molecule has 0 unspecified atom stereocenters. The highest BCUT2D eigenvalue weighted by molar-refractivity contribution is 8.77. The standard InChI is InChI=1S/C18H24N2O6S2/c1-11(22)25-13-8-15(26-14(13)10-21)20-9-12(16(23)19-17(20)24)6-5-7-27-28-18(2,3)4/h9,13-15,21H,7-8,10H2,1-4H3,(H,19,23,24)/t13-,14+,15+/m0/s1. The van der Waals surface area contributed by atoms with Crippen molar-refractivity contribution in [3.8, 4) is 11.8 Å². The highest BCUT2D eigenvalue weighted by Crippen LogP contribution is 2.34. The van der Waals surface area contributed by atoms with Gasteiger partial charge in [0, 0.05) is 24.3 Å². The molecule has 1 fully saturated rings. The Morgan fingerprint density at radius 1 is 1.46 bits per heavy atom. The summed E-state index contributed by atoms with van der Waals surface area (Å²) in [5.41, 5.74) is -1.09. The zero-order chi connectivity index (χ0) is 20.9. The third kappa shape index (κ3) is 6.44. The van der Waals surface area contributed by atoms with Crippen molar-refractivity contribution in [2.24, 2.45) is 0 Å². The van der Waals surface area contributed by atoms with Gasteiger partial charge < -0.3 is 14.6 Å². The summed E-state index contributed by atoms with van der Waals surface area (Å²) in [5.74, 6) is 5.72. The number of aromatic amines is 1. The SMILES string of the molecule is CC(=O)O[C@H]1C[C@H](n2cc(C#CCSSC(C)(C)C)c(=O)[nH]c2=O)O[C@@H]1CO. The van der Waals surface area contributed by atoms with Crippen molar-refractivity contribution in [2.75, 3.05) is 12.4 Å². The molecule has 3 atom stereocenters. The first-order valence-electron chi connectivity index (χ1n) is 8.69. The van der Waals surface area contributed by atoms with Crippen LogP contribution in [-0.4, -0.2) is 49.9 Å². The Kier molecular flexibility index (Phi) is 7.83. The Balaban J connectivity index is 2.16. The fourth-order valence-corrected chi connectivity index (χ4v) is 4.49. The van der Waals surface area contributed by atoms with Crippen molar-refractivity contribution in [1.82, 2.24) is 9.55 Å². The van der Waals surface area contributed by atoms with E-state index in [4.69, 9.17) is 9.47 Å². The maximum absolute atomic E-state index is 12.2. The molecule has 1 saturated heterocycles. The van der Waals surface area contributed by atoms with E-state index in [-0.39, 0.29) is 23.3 Å². The number of nitrogens with one attached hydrogen (secondary N) is 1. The number of ether oxygens (including phenoxy) is 2. The second-order valence-electron chi connectivity index (χ2n) is 7.16. The number of carbonyl (C=O) groups is 1. The summed E-state index contributed by atoms with van der Waals surface area (Å²) in [6, 6.07) is 0. The van der Waals surface area contributed by atoms with Crippen LogP contribution in [-0.2, 0) is 14.3 Å². The molecule has 0 radical (unpaired) electrons. The van der Waals surface area contributed by atoms with E-state index in [1.807, 2.05) is 0 Å². The van der Waals surface area contributed by atoms with E-state index in [9.17, 15) is 19.5 Å². The van der Waals surface area contributed by atoms with Crippen LogP contribution in [0.5, 0.6) is 0 Å². The van der Waals surface area contributed by atoms with Crippen LogP contribution in [0.1, 0.15) is 45.9 Å². The largest absolute Gasteiger partial charge is 0.460 e. The molecule has 1 aromatic rings. The summed E-state index contributed by atoms with van der Waals surface area (Å²) < 4.78 is 12.1. The van der Waals surface area contributed by atoms with Gasteiger partial charge >= 0.3 is 11.7 Å². The summed E-state index contributed by atoms with van der Waals surface area (Å²) >= 11 is 0. The first-order valence-corrected chi connectivity index (χ1v) is 11.0. The molecule has 1 aliphatic rings. The monoisotopic (exact) mass is 428 g/mol. The molecule has 0 aliphatic carbocycles. The number of aromatic nitrogens is 2. The highest BCUT2D eigenvalue weighted by Gasteiger charge is 2.38. The lowest BCUT2D eigenvalue weighted by atomic mass is 10.2. The van der Waals surface area contributed by atoms with Crippen molar-refractivity contribution >= 4 is 27.6 Å². The number of nitrogens with zero attached hydrogens (tertiary/aromatic N) is 1. The average Bonchev–Trinajstić information content (AvgIpc) is 2.97. The van der Waals surface area contributed by atoms with E-state index in [0.29, 0.717) is 5.75 Å². The van der Waals surface area contributed by atoms with E-state index in [1.54, 1.807) is 21.6 Å². The molecule has 154 valence electrons. The first kappa shape index (κ1) is 22.6. The Bertz CT molecular complexity index is 877. The van der Waals surface area contributed by atoms with Gasteiger partial charge in [0.2, 0.25) is 0 Å². The molecular weight excluding hydrogens is 404 g/mol. The third-order valence-corrected chi connectivity index (χ3v) is 6.71. The molecule has 2 heterocycles. The van der Waals surface area contributed by atoms with E-state index in [1.165, 1.54) is 17.7 Å². The van der Waals surface area contributed by atoms with E-state index >= 15 is 0 Å². The van der Waals surface area contributed by atoms with E-state index in [2.05, 4.69) is 37.6 Å². The van der Waals surface area contributed by atoms with Crippen LogP contribution >= 0.6 is 21.6 Å². The molecule has 0 aromatic carbocycles.